The third-order valence-electron chi connectivity index (χ3n) is 4.73. The van der Waals surface area contributed by atoms with Crippen LogP contribution in [-0.4, -0.2) is 24.1 Å². The highest BCUT2D eigenvalue weighted by atomic mass is 32.1. The molecular weight excluding hydrogens is 341 g/mol. The first-order valence-corrected chi connectivity index (χ1v) is 8.95. The van der Waals surface area contributed by atoms with Crippen molar-refractivity contribution < 1.29 is 4.39 Å². The lowest BCUT2D eigenvalue weighted by Crippen LogP contribution is -2.22. The topological polar surface area (TPSA) is 65.1 Å². The van der Waals surface area contributed by atoms with Crippen LogP contribution < -0.4 is 5.56 Å². The fourth-order valence-electron chi connectivity index (χ4n) is 3.52. The quantitative estimate of drug-likeness (QED) is 0.566. The molecule has 126 valence electrons. The number of nitrogens with zero attached hydrogens (tertiary/aromatic N) is 5. The number of alkyl halides is 1. The molecule has 0 unspecified atom stereocenters. The molecule has 5 rings (SSSR count). The van der Waals surface area contributed by atoms with E-state index in [1.165, 1.54) is 4.88 Å². The summed E-state index contributed by atoms with van der Waals surface area (Å²) >= 11 is 1.63. The normalized spacial score (nSPS) is 13.8. The molecule has 1 aliphatic carbocycles. The van der Waals surface area contributed by atoms with Crippen molar-refractivity contribution in [3.05, 3.63) is 56.8 Å². The van der Waals surface area contributed by atoms with Crippen molar-refractivity contribution in [1.82, 2.24) is 24.1 Å². The molecule has 0 aliphatic heterocycles. The van der Waals surface area contributed by atoms with Crippen molar-refractivity contribution >= 4 is 27.2 Å². The number of pyridine rings is 1. The molecule has 0 amide bonds. The molecule has 1 aliphatic rings. The Bertz CT molecular complexity index is 1180. The second-order valence-corrected chi connectivity index (χ2v) is 7.28. The minimum atomic E-state index is -0.600. The van der Waals surface area contributed by atoms with Gasteiger partial charge in [0.05, 0.1) is 18.3 Å². The zero-order valence-electron chi connectivity index (χ0n) is 13.3. The van der Waals surface area contributed by atoms with Gasteiger partial charge in [-0.25, -0.2) is 9.37 Å². The molecule has 4 aromatic rings. The van der Waals surface area contributed by atoms with Gasteiger partial charge in [-0.05, 0) is 30.9 Å². The fourth-order valence-corrected chi connectivity index (χ4v) is 4.74. The summed E-state index contributed by atoms with van der Waals surface area (Å²) in [5, 5.41) is 8.96. The Morgan fingerprint density at radius 3 is 3.08 bits per heavy atom. The van der Waals surface area contributed by atoms with E-state index < -0.39 is 6.67 Å². The van der Waals surface area contributed by atoms with Crippen molar-refractivity contribution in [3.8, 4) is 0 Å². The summed E-state index contributed by atoms with van der Waals surface area (Å²) in [4.78, 5) is 19.5. The number of hydrogen-bond donors (Lipinski definition) is 0. The van der Waals surface area contributed by atoms with Crippen LogP contribution in [0.5, 0.6) is 0 Å². The average molecular weight is 355 g/mol. The Morgan fingerprint density at radius 2 is 2.20 bits per heavy atom. The monoisotopic (exact) mass is 355 g/mol. The van der Waals surface area contributed by atoms with Crippen LogP contribution in [0.2, 0.25) is 0 Å². The van der Waals surface area contributed by atoms with Crippen LogP contribution in [0.1, 0.15) is 28.2 Å². The van der Waals surface area contributed by atoms with Crippen molar-refractivity contribution in [3.63, 3.8) is 0 Å². The lowest BCUT2D eigenvalue weighted by molar-refractivity contribution is 0.486. The Hall–Kier alpha value is -2.61. The number of halogens is 1. The highest BCUT2D eigenvalue weighted by Gasteiger charge is 2.21. The third kappa shape index (κ3) is 2.13. The van der Waals surface area contributed by atoms with E-state index in [0.717, 1.165) is 35.0 Å². The van der Waals surface area contributed by atoms with Gasteiger partial charge in [0, 0.05) is 16.6 Å². The Labute approximate surface area is 145 Å². The SMILES string of the molecule is O=c1c2c3c(sc2ncn1Cc1nnc2c(CF)cccn12)CCC3. The minimum Gasteiger partial charge on any atom is -0.291 e. The van der Waals surface area contributed by atoms with Crippen LogP contribution in [0.25, 0.3) is 15.9 Å². The molecule has 0 saturated carbocycles. The van der Waals surface area contributed by atoms with E-state index in [4.69, 9.17) is 0 Å². The van der Waals surface area contributed by atoms with Gasteiger partial charge in [0.1, 0.15) is 11.5 Å². The fraction of sp³-hybridized carbons (Fsp3) is 0.294. The first-order valence-electron chi connectivity index (χ1n) is 8.13. The summed E-state index contributed by atoms with van der Waals surface area (Å²) in [6, 6.07) is 3.44. The summed E-state index contributed by atoms with van der Waals surface area (Å²) in [7, 11) is 0. The van der Waals surface area contributed by atoms with Crippen LogP contribution in [0.3, 0.4) is 0 Å². The lowest BCUT2D eigenvalue weighted by Gasteiger charge is -2.05. The lowest BCUT2D eigenvalue weighted by atomic mass is 10.2. The van der Waals surface area contributed by atoms with Gasteiger partial charge in [-0.2, -0.15) is 0 Å². The molecule has 6 nitrogen and oxygen atoms in total. The molecule has 0 radical (unpaired) electrons. The maximum Gasteiger partial charge on any atom is 0.262 e. The van der Waals surface area contributed by atoms with E-state index in [9.17, 15) is 9.18 Å². The third-order valence-corrected chi connectivity index (χ3v) is 5.93. The second kappa shape index (κ2) is 5.45. The summed E-state index contributed by atoms with van der Waals surface area (Å²) < 4.78 is 16.4. The van der Waals surface area contributed by atoms with Gasteiger partial charge < -0.3 is 0 Å². The largest absolute Gasteiger partial charge is 0.291 e. The molecule has 4 aromatic heterocycles. The Morgan fingerprint density at radius 1 is 1.28 bits per heavy atom. The van der Waals surface area contributed by atoms with E-state index in [0.29, 0.717) is 17.0 Å². The van der Waals surface area contributed by atoms with Gasteiger partial charge in [-0.3, -0.25) is 13.8 Å². The molecule has 0 N–H and O–H groups in total. The van der Waals surface area contributed by atoms with Crippen molar-refractivity contribution in [1.29, 1.82) is 0 Å². The number of aromatic nitrogens is 5. The van der Waals surface area contributed by atoms with Crippen LogP contribution in [0.15, 0.2) is 29.5 Å². The van der Waals surface area contributed by atoms with Crippen molar-refractivity contribution in [2.24, 2.45) is 0 Å². The Balaban J connectivity index is 1.63. The number of hydrogen-bond acceptors (Lipinski definition) is 5. The molecule has 0 spiro atoms. The maximum atomic E-state index is 13.1. The van der Waals surface area contributed by atoms with Gasteiger partial charge in [-0.15, -0.1) is 21.5 Å². The molecule has 8 heteroatoms. The molecule has 0 bridgehead atoms. The summed E-state index contributed by atoms with van der Waals surface area (Å²) in [5.41, 5.74) is 2.09. The Kier molecular flexibility index (Phi) is 3.21. The molecule has 4 heterocycles. The van der Waals surface area contributed by atoms with Crippen LogP contribution in [-0.2, 0) is 26.1 Å². The molecule has 0 saturated heterocycles. The zero-order chi connectivity index (χ0) is 17.0. The molecule has 25 heavy (non-hydrogen) atoms. The second-order valence-electron chi connectivity index (χ2n) is 6.19. The molecule has 0 atom stereocenters. The first-order chi connectivity index (χ1) is 12.3. The van der Waals surface area contributed by atoms with Crippen molar-refractivity contribution in [2.45, 2.75) is 32.5 Å². The molecule has 0 fully saturated rings. The number of aryl methyl sites for hydroxylation is 2. The van der Waals surface area contributed by atoms with Crippen molar-refractivity contribution in [2.75, 3.05) is 0 Å². The standard InChI is InChI=1S/C17H14FN5OS/c18-7-10-3-2-6-23-13(20-21-15(10)23)8-22-9-19-16-14(17(22)24)11-4-1-5-12(11)25-16/h2-3,6,9H,1,4-5,7-8H2. The maximum absolute atomic E-state index is 13.1. The number of rotatable bonds is 3. The predicted octanol–water partition coefficient (Wildman–Crippen LogP) is 2.51. The van der Waals surface area contributed by atoms with E-state index in [-0.39, 0.29) is 12.1 Å². The summed E-state index contributed by atoms with van der Waals surface area (Å²) in [6.45, 7) is -0.347. The van der Waals surface area contributed by atoms with E-state index >= 15 is 0 Å². The smallest absolute Gasteiger partial charge is 0.262 e. The zero-order valence-corrected chi connectivity index (χ0v) is 14.1. The van der Waals surface area contributed by atoms with Gasteiger partial charge >= 0.3 is 0 Å². The van der Waals surface area contributed by atoms with Gasteiger partial charge in [-0.1, -0.05) is 6.07 Å². The highest BCUT2D eigenvalue weighted by molar-refractivity contribution is 7.18. The van der Waals surface area contributed by atoms with E-state index in [1.807, 2.05) is 0 Å². The molecule has 0 aromatic carbocycles. The first kappa shape index (κ1) is 14.7. The van der Waals surface area contributed by atoms with Crippen LogP contribution in [0.4, 0.5) is 4.39 Å². The number of fused-ring (bicyclic) bond motifs is 4. The van der Waals surface area contributed by atoms with Gasteiger partial charge in [0.25, 0.3) is 5.56 Å². The van der Waals surface area contributed by atoms with Gasteiger partial charge in [0.2, 0.25) is 0 Å². The minimum absolute atomic E-state index is 0.0391. The molecular formula is C17H14FN5OS. The van der Waals surface area contributed by atoms with E-state index in [1.54, 1.807) is 45.0 Å². The van der Waals surface area contributed by atoms with Crippen LogP contribution >= 0.6 is 11.3 Å². The average Bonchev–Trinajstić information content (AvgIpc) is 3.31. The van der Waals surface area contributed by atoms with Gasteiger partial charge in [0.15, 0.2) is 11.5 Å². The van der Waals surface area contributed by atoms with Crippen LogP contribution in [0, 0.1) is 0 Å². The highest BCUT2D eigenvalue weighted by Crippen LogP contribution is 2.34. The predicted molar refractivity (Wildman–Crippen MR) is 92.8 cm³/mol. The summed E-state index contributed by atoms with van der Waals surface area (Å²) in [6.07, 6.45) is 6.44. The van der Waals surface area contributed by atoms with E-state index in [2.05, 4.69) is 15.2 Å². The number of thiophene rings is 1. The summed E-state index contributed by atoms with van der Waals surface area (Å²) in [5.74, 6) is 0.584.